The van der Waals surface area contributed by atoms with Crippen LogP contribution in [0.2, 0.25) is 0 Å². The summed E-state index contributed by atoms with van der Waals surface area (Å²) in [6.07, 6.45) is 1.08. The molecule has 0 saturated heterocycles. The molecule has 0 radical (unpaired) electrons. The van der Waals surface area contributed by atoms with Crippen molar-refractivity contribution < 1.29 is 9.47 Å². The van der Waals surface area contributed by atoms with Crippen molar-refractivity contribution >= 4 is 11.8 Å². The molecule has 102 valence electrons. The van der Waals surface area contributed by atoms with Crippen LogP contribution in [0.25, 0.3) is 0 Å². The minimum atomic E-state index is 0.809. The maximum atomic E-state index is 5.31. The lowest BCUT2D eigenvalue weighted by Gasteiger charge is -2.08. The van der Waals surface area contributed by atoms with Crippen LogP contribution in [0.3, 0.4) is 0 Å². The van der Waals surface area contributed by atoms with Gasteiger partial charge in [-0.15, -0.1) is 11.8 Å². The first-order chi connectivity index (χ1) is 8.88. The van der Waals surface area contributed by atoms with Gasteiger partial charge in [0.25, 0.3) is 0 Å². The topological polar surface area (TPSA) is 30.5 Å². The van der Waals surface area contributed by atoms with Gasteiger partial charge in [-0.2, -0.15) is 0 Å². The van der Waals surface area contributed by atoms with E-state index in [0.717, 1.165) is 44.2 Å². The number of para-hydroxylation sites is 1. The molecule has 1 aromatic carbocycles. The van der Waals surface area contributed by atoms with Crippen LogP contribution in [0.15, 0.2) is 29.2 Å². The molecule has 3 nitrogen and oxygen atoms in total. The summed E-state index contributed by atoms with van der Waals surface area (Å²) in [6, 6.07) is 8.13. The van der Waals surface area contributed by atoms with Crippen LogP contribution in [0.5, 0.6) is 5.75 Å². The van der Waals surface area contributed by atoms with Crippen molar-refractivity contribution in [2.24, 2.45) is 0 Å². The Hall–Kier alpha value is -0.710. The lowest BCUT2D eigenvalue weighted by atomic mass is 10.3. The predicted octanol–water partition coefficient (Wildman–Crippen LogP) is 2.80. The standard InChI is InChI=1S/C14H23NO2S/c1-3-17-11-6-9-15-10-12-18-14-8-5-4-7-13(14)16-2/h4-5,7-8,15H,3,6,9-12H2,1-2H3. The molecular weight excluding hydrogens is 246 g/mol. The fourth-order valence-corrected chi connectivity index (χ4v) is 2.47. The van der Waals surface area contributed by atoms with Crippen LogP contribution in [-0.4, -0.2) is 39.2 Å². The fourth-order valence-electron chi connectivity index (χ4n) is 1.54. The summed E-state index contributed by atoms with van der Waals surface area (Å²) in [4.78, 5) is 1.20. The molecule has 0 saturated carbocycles. The molecule has 0 unspecified atom stereocenters. The summed E-state index contributed by atoms with van der Waals surface area (Å²) in [7, 11) is 1.71. The quantitative estimate of drug-likeness (QED) is 0.522. The first-order valence-electron chi connectivity index (χ1n) is 6.42. The van der Waals surface area contributed by atoms with Gasteiger partial charge in [0.1, 0.15) is 5.75 Å². The first kappa shape index (κ1) is 15.3. The molecule has 1 rings (SSSR count). The van der Waals surface area contributed by atoms with E-state index >= 15 is 0 Å². The van der Waals surface area contributed by atoms with E-state index in [-0.39, 0.29) is 0 Å². The highest BCUT2D eigenvalue weighted by Crippen LogP contribution is 2.27. The lowest BCUT2D eigenvalue weighted by Crippen LogP contribution is -2.19. The van der Waals surface area contributed by atoms with E-state index in [1.165, 1.54) is 4.90 Å². The molecule has 0 bridgehead atoms. The Morgan fingerprint density at radius 1 is 1.22 bits per heavy atom. The molecule has 0 fully saturated rings. The van der Waals surface area contributed by atoms with E-state index in [1.807, 2.05) is 36.9 Å². The van der Waals surface area contributed by atoms with Gasteiger partial charge in [0, 0.05) is 30.4 Å². The third-order valence-electron chi connectivity index (χ3n) is 2.45. The van der Waals surface area contributed by atoms with E-state index in [9.17, 15) is 0 Å². The van der Waals surface area contributed by atoms with Gasteiger partial charge in [-0.3, -0.25) is 0 Å². The molecule has 0 aromatic heterocycles. The van der Waals surface area contributed by atoms with Crippen molar-refractivity contribution in [1.82, 2.24) is 5.32 Å². The molecule has 0 aliphatic heterocycles. The van der Waals surface area contributed by atoms with Gasteiger partial charge in [-0.1, -0.05) is 12.1 Å². The zero-order valence-electron chi connectivity index (χ0n) is 11.3. The van der Waals surface area contributed by atoms with E-state index in [2.05, 4.69) is 11.4 Å². The van der Waals surface area contributed by atoms with Gasteiger partial charge in [0.15, 0.2) is 0 Å². The van der Waals surface area contributed by atoms with Crippen molar-refractivity contribution in [1.29, 1.82) is 0 Å². The van der Waals surface area contributed by atoms with Gasteiger partial charge in [0.05, 0.1) is 7.11 Å². The molecule has 18 heavy (non-hydrogen) atoms. The molecule has 0 aliphatic carbocycles. The maximum absolute atomic E-state index is 5.31. The summed E-state index contributed by atoms with van der Waals surface area (Å²) < 4.78 is 10.6. The van der Waals surface area contributed by atoms with Gasteiger partial charge in [-0.25, -0.2) is 0 Å². The summed E-state index contributed by atoms with van der Waals surface area (Å²) in [6.45, 7) is 5.71. The SMILES string of the molecule is CCOCCCNCCSc1ccccc1OC. The average molecular weight is 269 g/mol. The van der Waals surface area contributed by atoms with Crippen molar-refractivity contribution in [2.75, 3.05) is 39.2 Å². The van der Waals surface area contributed by atoms with E-state index in [4.69, 9.17) is 9.47 Å². The largest absolute Gasteiger partial charge is 0.496 e. The summed E-state index contributed by atoms with van der Waals surface area (Å²) in [5, 5.41) is 3.41. The number of methoxy groups -OCH3 is 1. The van der Waals surface area contributed by atoms with Gasteiger partial charge in [-0.05, 0) is 32.0 Å². The van der Waals surface area contributed by atoms with Crippen LogP contribution in [0, 0.1) is 0 Å². The molecule has 0 heterocycles. The Morgan fingerprint density at radius 2 is 2.06 bits per heavy atom. The van der Waals surface area contributed by atoms with Crippen LogP contribution in [0.1, 0.15) is 13.3 Å². The normalized spacial score (nSPS) is 10.6. The molecule has 0 atom stereocenters. The van der Waals surface area contributed by atoms with E-state index < -0.39 is 0 Å². The number of rotatable bonds is 10. The molecule has 1 aromatic rings. The third kappa shape index (κ3) is 6.28. The van der Waals surface area contributed by atoms with Crippen LogP contribution in [-0.2, 0) is 4.74 Å². The van der Waals surface area contributed by atoms with Gasteiger partial charge < -0.3 is 14.8 Å². The number of ether oxygens (including phenoxy) is 2. The van der Waals surface area contributed by atoms with Gasteiger partial charge in [0.2, 0.25) is 0 Å². The van der Waals surface area contributed by atoms with Crippen molar-refractivity contribution in [3.8, 4) is 5.75 Å². The first-order valence-corrected chi connectivity index (χ1v) is 7.41. The van der Waals surface area contributed by atoms with Crippen molar-refractivity contribution in [3.05, 3.63) is 24.3 Å². The Labute approximate surface area is 114 Å². The second-order valence-electron chi connectivity index (χ2n) is 3.80. The molecule has 0 aliphatic rings. The number of hydrogen-bond donors (Lipinski definition) is 1. The number of thioether (sulfide) groups is 1. The number of hydrogen-bond acceptors (Lipinski definition) is 4. The number of nitrogens with one attached hydrogen (secondary N) is 1. The van der Waals surface area contributed by atoms with Crippen LogP contribution < -0.4 is 10.1 Å². The summed E-state index contributed by atoms with van der Waals surface area (Å²) >= 11 is 1.82. The Morgan fingerprint density at radius 3 is 2.83 bits per heavy atom. The van der Waals surface area contributed by atoms with Crippen molar-refractivity contribution in [2.45, 2.75) is 18.2 Å². The zero-order chi connectivity index (χ0) is 13.1. The minimum Gasteiger partial charge on any atom is -0.496 e. The average Bonchev–Trinajstić information content (AvgIpc) is 2.42. The highest BCUT2D eigenvalue weighted by atomic mass is 32.2. The second-order valence-corrected chi connectivity index (χ2v) is 4.94. The maximum Gasteiger partial charge on any atom is 0.132 e. The van der Waals surface area contributed by atoms with Crippen LogP contribution in [0.4, 0.5) is 0 Å². The van der Waals surface area contributed by atoms with Crippen LogP contribution >= 0.6 is 11.8 Å². The highest BCUT2D eigenvalue weighted by Gasteiger charge is 2.01. The Bertz CT molecular complexity index is 320. The smallest absolute Gasteiger partial charge is 0.132 e. The molecular formula is C14H23NO2S. The number of benzene rings is 1. The third-order valence-corrected chi connectivity index (χ3v) is 3.51. The minimum absolute atomic E-state index is 0.809. The summed E-state index contributed by atoms with van der Waals surface area (Å²) in [5.41, 5.74) is 0. The fraction of sp³-hybridized carbons (Fsp3) is 0.571. The Kier molecular flexibility index (Phi) is 8.73. The van der Waals surface area contributed by atoms with E-state index in [0.29, 0.717) is 0 Å². The molecule has 0 spiro atoms. The zero-order valence-corrected chi connectivity index (χ0v) is 12.1. The monoisotopic (exact) mass is 269 g/mol. The van der Waals surface area contributed by atoms with E-state index in [1.54, 1.807) is 7.11 Å². The van der Waals surface area contributed by atoms with Crippen molar-refractivity contribution in [3.63, 3.8) is 0 Å². The molecule has 1 N–H and O–H groups in total. The highest BCUT2D eigenvalue weighted by molar-refractivity contribution is 7.99. The predicted molar refractivity (Wildman–Crippen MR) is 77.7 cm³/mol. The van der Waals surface area contributed by atoms with Gasteiger partial charge >= 0.3 is 0 Å². The second kappa shape index (κ2) is 10.2. The molecule has 4 heteroatoms. The molecule has 0 amide bonds. The Balaban J connectivity index is 2.07. The summed E-state index contributed by atoms with van der Waals surface area (Å²) in [5.74, 6) is 2.01. The lowest BCUT2D eigenvalue weighted by molar-refractivity contribution is 0.145.